The van der Waals surface area contributed by atoms with E-state index in [9.17, 15) is 24.0 Å². The van der Waals surface area contributed by atoms with E-state index in [-0.39, 0.29) is 55.5 Å². The Morgan fingerprint density at radius 1 is 1.00 bits per heavy atom. The van der Waals surface area contributed by atoms with Crippen LogP contribution in [0.3, 0.4) is 0 Å². The summed E-state index contributed by atoms with van der Waals surface area (Å²) in [6.07, 6.45) is 8.70. The number of benzene rings is 2. The van der Waals surface area contributed by atoms with E-state index in [4.69, 9.17) is 4.74 Å². The van der Waals surface area contributed by atoms with E-state index in [1.807, 2.05) is 55.5 Å². The highest BCUT2D eigenvalue weighted by Crippen LogP contribution is 2.58. The lowest BCUT2D eigenvalue weighted by Crippen LogP contribution is -2.55. The van der Waals surface area contributed by atoms with Crippen molar-refractivity contribution in [1.82, 2.24) is 26.2 Å². The molecule has 1 unspecified atom stereocenters. The molecule has 2 aromatic carbocycles. The lowest BCUT2D eigenvalue weighted by atomic mass is 9.51. The first-order valence-electron chi connectivity index (χ1n) is 18.9. The van der Waals surface area contributed by atoms with Gasteiger partial charge >= 0.3 is 0 Å². The fourth-order valence-corrected chi connectivity index (χ4v) is 8.08. The Kier molecular flexibility index (Phi) is 11.9. The zero-order chi connectivity index (χ0) is 35.8. The maximum atomic E-state index is 14.0. The Labute approximate surface area is 301 Å². The van der Waals surface area contributed by atoms with Gasteiger partial charge in [0.05, 0.1) is 13.0 Å². The highest BCUT2D eigenvalue weighted by Gasteiger charge is 2.50. The number of aryl methyl sites for hydroxylation is 2. The number of fused-ring (bicyclic) bond motifs is 4. The summed E-state index contributed by atoms with van der Waals surface area (Å²) in [5.74, 6) is -0.642. The smallest absolute Gasteiger partial charge is 0.243 e. The molecule has 5 amide bonds. The van der Waals surface area contributed by atoms with Crippen molar-refractivity contribution in [1.29, 1.82) is 0 Å². The molecule has 0 aromatic heterocycles. The second-order valence-electron chi connectivity index (χ2n) is 15.2. The van der Waals surface area contributed by atoms with Crippen molar-refractivity contribution >= 4 is 29.5 Å². The maximum Gasteiger partial charge on any atom is 0.243 e. The van der Waals surface area contributed by atoms with Crippen LogP contribution < -0.4 is 26.0 Å². The van der Waals surface area contributed by atoms with Crippen molar-refractivity contribution < 1.29 is 28.7 Å². The molecule has 1 spiro atoms. The van der Waals surface area contributed by atoms with Crippen LogP contribution >= 0.6 is 0 Å². The number of hydrogen-bond acceptors (Lipinski definition) is 6. The Morgan fingerprint density at radius 3 is 2.57 bits per heavy atom. The standard InChI is InChI=1S/C40H53N5O6/c1-27-10-12-32-21-30(27)25-42-38(49)33(13-11-28-7-3-2-4-8-28)44-39(50)34(22-36(47)45-19-5-9-29(26-45)15-20-51-32)43-35(46)14-18-41-37(48)31-23-40(24-31)16-6-17-40/h2-4,7-8,10,12,21,29,31,33-34H,5-6,9,11,13-20,22-26H2,1H3,(H,41,48)(H,42,49)(H,43,46)(H,44,50)/t29?,33-,34-/m0/s1. The van der Waals surface area contributed by atoms with Gasteiger partial charge in [0.25, 0.3) is 0 Å². The summed E-state index contributed by atoms with van der Waals surface area (Å²) >= 11 is 0. The van der Waals surface area contributed by atoms with Crippen molar-refractivity contribution in [3.8, 4) is 5.75 Å². The summed E-state index contributed by atoms with van der Waals surface area (Å²) in [5.41, 5.74) is 3.33. The van der Waals surface area contributed by atoms with Crippen molar-refractivity contribution in [3.05, 3.63) is 65.2 Å². The van der Waals surface area contributed by atoms with Crippen LogP contribution in [0.4, 0.5) is 0 Å². The Bertz CT molecular complexity index is 1570. The van der Waals surface area contributed by atoms with Gasteiger partial charge in [0.15, 0.2) is 0 Å². The molecule has 274 valence electrons. The van der Waals surface area contributed by atoms with E-state index < -0.39 is 23.9 Å². The fourth-order valence-electron chi connectivity index (χ4n) is 8.08. The third-order valence-corrected chi connectivity index (χ3v) is 11.5. The molecule has 1 saturated heterocycles. The molecule has 2 aromatic rings. The molecule has 2 aliphatic heterocycles. The predicted molar refractivity (Wildman–Crippen MR) is 192 cm³/mol. The molecule has 3 atom stereocenters. The topological polar surface area (TPSA) is 146 Å². The minimum Gasteiger partial charge on any atom is -0.494 e. The number of carbonyl (C=O) groups is 5. The number of piperidine rings is 1. The van der Waals surface area contributed by atoms with Crippen molar-refractivity contribution in [2.24, 2.45) is 17.3 Å². The normalized spacial score (nSPS) is 24.1. The van der Waals surface area contributed by atoms with Crippen molar-refractivity contribution in [2.45, 2.75) is 103 Å². The summed E-state index contributed by atoms with van der Waals surface area (Å²) in [7, 11) is 0. The zero-order valence-electron chi connectivity index (χ0n) is 29.8. The third-order valence-electron chi connectivity index (χ3n) is 11.5. The van der Waals surface area contributed by atoms with E-state index in [0.29, 0.717) is 38.0 Å². The van der Waals surface area contributed by atoms with E-state index >= 15 is 0 Å². The first kappa shape index (κ1) is 36.4. The number of carbonyl (C=O) groups excluding carboxylic acids is 5. The fraction of sp³-hybridized carbons (Fsp3) is 0.575. The summed E-state index contributed by atoms with van der Waals surface area (Å²) in [4.78, 5) is 69.0. The molecular formula is C40H53N5O6. The average molecular weight is 700 g/mol. The molecular weight excluding hydrogens is 646 g/mol. The molecule has 2 aliphatic carbocycles. The number of amides is 5. The molecule has 51 heavy (non-hydrogen) atoms. The van der Waals surface area contributed by atoms with E-state index in [2.05, 4.69) is 21.3 Å². The van der Waals surface area contributed by atoms with Gasteiger partial charge in [0.1, 0.15) is 17.8 Å². The molecule has 4 N–H and O–H groups in total. The van der Waals surface area contributed by atoms with Crippen LogP contribution in [0.5, 0.6) is 5.75 Å². The van der Waals surface area contributed by atoms with Crippen LogP contribution in [0.15, 0.2) is 48.5 Å². The highest BCUT2D eigenvalue weighted by atomic mass is 16.5. The van der Waals surface area contributed by atoms with Gasteiger partial charge in [-0.25, -0.2) is 0 Å². The van der Waals surface area contributed by atoms with Crippen LogP contribution in [0.1, 0.15) is 87.3 Å². The van der Waals surface area contributed by atoms with Crippen molar-refractivity contribution in [2.75, 3.05) is 26.2 Å². The molecule has 4 aliphatic rings. The van der Waals surface area contributed by atoms with E-state index in [1.165, 1.54) is 19.3 Å². The number of hydrogen-bond donors (Lipinski definition) is 4. The molecule has 0 radical (unpaired) electrons. The molecule has 4 bridgehead atoms. The summed E-state index contributed by atoms with van der Waals surface area (Å²) < 4.78 is 6.12. The molecule has 2 heterocycles. The maximum absolute atomic E-state index is 14.0. The van der Waals surface area contributed by atoms with E-state index in [1.54, 1.807) is 4.90 Å². The van der Waals surface area contributed by atoms with Crippen LogP contribution in [0.25, 0.3) is 0 Å². The number of rotatable bonds is 8. The van der Waals surface area contributed by atoms with Crippen LogP contribution in [0, 0.1) is 24.2 Å². The lowest BCUT2D eigenvalue weighted by molar-refractivity contribution is -0.138. The van der Waals surface area contributed by atoms with Gasteiger partial charge in [-0.3, -0.25) is 24.0 Å². The Hall–Kier alpha value is -4.41. The molecule has 11 heteroatoms. The van der Waals surface area contributed by atoms with Crippen molar-refractivity contribution in [3.63, 3.8) is 0 Å². The monoisotopic (exact) mass is 699 g/mol. The van der Waals surface area contributed by atoms with Gasteiger partial charge in [-0.15, -0.1) is 0 Å². The Morgan fingerprint density at radius 2 is 1.80 bits per heavy atom. The zero-order valence-corrected chi connectivity index (χ0v) is 29.8. The second-order valence-corrected chi connectivity index (χ2v) is 15.2. The third kappa shape index (κ3) is 9.68. The van der Waals surface area contributed by atoms with Gasteiger partial charge in [-0.1, -0.05) is 42.8 Å². The van der Waals surface area contributed by atoms with Gasteiger partial charge in [0.2, 0.25) is 29.5 Å². The first-order valence-corrected chi connectivity index (χ1v) is 18.9. The van der Waals surface area contributed by atoms with Gasteiger partial charge < -0.3 is 30.9 Å². The lowest BCUT2D eigenvalue weighted by Gasteiger charge is -2.53. The summed E-state index contributed by atoms with van der Waals surface area (Å²) in [6, 6.07) is 13.5. The minimum absolute atomic E-state index is 0.00488. The second kappa shape index (κ2) is 16.7. The first-order chi connectivity index (χ1) is 24.7. The van der Waals surface area contributed by atoms with Crippen LogP contribution in [-0.4, -0.2) is 72.8 Å². The SMILES string of the molecule is Cc1ccc2cc1CNC(=O)[C@H](CCc1ccccc1)NC(=O)[C@@H](NC(=O)CCNC(=O)C1CC3(CCC3)C1)CC(=O)N1CCCC(CCO2)C1. The summed E-state index contributed by atoms with van der Waals surface area (Å²) in [6.45, 7) is 4.02. The van der Waals surface area contributed by atoms with Crippen LogP contribution in [0.2, 0.25) is 0 Å². The average Bonchev–Trinajstić information content (AvgIpc) is 3.08. The van der Waals surface area contributed by atoms with E-state index in [0.717, 1.165) is 54.5 Å². The van der Waals surface area contributed by atoms with Gasteiger partial charge in [-0.2, -0.15) is 0 Å². The summed E-state index contributed by atoms with van der Waals surface area (Å²) in [5, 5.41) is 11.5. The van der Waals surface area contributed by atoms with Gasteiger partial charge in [-0.05, 0) is 105 Å². The minimum atomic E-state index is -1.18. The van der Waals surface area contributed by atoms with Gasteiger partial charge in [0, 0.05) is 38.5 Å². The predicted octanol–water partition coefficient (Wildman–Crippen LogP) is 3.71. The molecule has 11 nitrogen and oxygen atoms in total. The number of ether oxygens (including phenoxy) is 1. The number of nitrogens with one attached hydrogen (secondary N) is 4. The highest BCUT2D eigenvalue weighted by molar-refractivity contribution is 5.95. The quantitative estimate of drug-likeness (QED) is 0.331. The molecule has 2 saturated carbocycles. The Balaban J connectivity index is 1.15. The van der Waals surface area contributed by atoms with Crippen LogP contribution in [-0.2, 0) is 36.9 Å². The largest absolute Gasteiger partial charge is 0.494 e. The molecule has 3 fully saturated rings. The number of nitrogens with zero attached hydrogens (tertiary/aromatic N) is 1. The molecule has 6 rings (SSSR count).